The molecule has 0 bridgehead atoms. The third-order valence-corrected chi connectivity index (χ3v) is 4.08. The average molecular weight is 217 g/mol. The number of aromatic nitrogens is 2. The maximum Gasteiger partial charge on any atom is 0.312 e. The van der Waals surface area contributed by atoms with Gasteiger partial charge in [0.25, 0.3) is 0 Å². The standard InChI is InChI=1S/C7H11N3O3S/c8-7-10-9-6(13-7)5-1-3-14(11,12)4-2-5/h5H,1-4H2,(H2,8,10). The zero-order valence-electron chi connectivity index (χ0n) is 7.51. The average Bonchev–Trinajstić information content (AvgIpc) is 2.52. The maximum absolute atomic E-state index is 11.1. The van der Waals surface area contributed by atoms with E-state index >= 15 is 0 Å². The Labute approximate surface area is 81.4 Å². The molecular weight excluding hydrogens is 206 g/mol. The summed E-state index contributed by atoms with van der Waals surface area (Å²) in [6.45, 7) is 0. The summed E-state index contributed by atoms with van der Waals surface area (Å²) in [5.41, 5.74) is 5.28. The Morgan fingerprint density at radius 2 is 1.93 bits per heavy atom. The minimum atomic E-state index is -2.84. The van der Waals surface area contributed by atoms with Crippen molar-refractivity contribution in [3.8, 4) is 0 Å². The third-order valence-electron chi connectivity index (χ3n) is 2.36. The van der Waals surface area contributed by atoms with Crippen molar-refractivity contribution >= 4 is 15.9 Å². The van der Waals surface area contributed by atoms with Crippen LogP contribution in [0, 0.1) is 0 Å². The summed E-state index contributed by atoms with van der Waals surface area (Å²) in [5, 5.41) is 7.29. The van der Waals surface area contributed by atoms with Crippen LogP contribution in [0.5, 0.6) is 0 Å². The van der Waals surface area contributed by atoms with Crippen molar-refractivity contribution in [2.24, 2.45) is 0 Å². The first-order valence-corrected chi connectivity index (χ1v) is 6.18. The second kappa shape index (κ2) is 3.23. The number of rotatable bonds is 1. The van der Waals surface area contributed by atoms with Crippen LogP contribution in [0.1, 0.15) is 24.7 Å². The van der Waals surface area contributed by atoms with Crippen LogP contribution < -0.4 is 5.73 Å². The van der Waals surface area contributed by atoms with E-state index in [9.17, 15) is 8.42 Å². The first kappa shape index (κ1) is 9.45. The van der Waals surface area contributed by atoms with Crippen molar-refractivity contribution in [2.75, 3.05) is 17.2 Å². The lowest BCUT2D eigenvalue weighted by Crippen LogP contribution is -2.22. The second-order valence-corrected chi connectivity index (χ2v) is 5.71. The Balaban J connectivity index is 2.09. The maximum atomic E-state index is 11.1. The quantitative estimate of drug-likeness (QED) is 0.707. The molecule has 2 rings (SSSR count). The molecule has 0 atom stereocenters. The van der Waals surface area contributed by atoms with Gasteiger partial charge in [-0.15, -0.1) is 5.10 Å². The molecule has 0 aromatic carbocycles. The van der Waals surface area contributed by atoms with Crippen molar-refractivity contribution in [3.63, 3.8) is 0 Å². The van der Waals surface area contributed by atoms with E-state index in [0.29, 0.717) is 18.7 Å². The van der Waals surface area contributed by atoms with E-state index in [4.69, 9.17) is 10.2 Å². The number of nitrogen functional groups attached to an aromatic ring is 1. The summed E-state index contributed by atoms with van der Waals surface area (Å²) in [4.78, 5) is 0. The van der Waals surface area contributed by atoms with Crippen LogP contribution in [0.2, 0.25) is 0 Å². The van der Waals surface area contributed by atoms with Gasteiger partial charge in [-0.3, -0.25) is 0 Å². The fraction of sp³-hybridized carbons (Fsp3) is 0.714. The smallest absolute Gasteiger partial charge is 0.312 e. The molecule has 0 spiro atoms. The Morgan fingerprint density at radius 1 is 1.29 bits per heavy atom. The van der Waals surface area contributed by atoms with Gasteiger partial charge in [0.2, 0.25) is 5.89 Å². The molecule has 78 valence electrons. The Bertz CT molecular complexity index is 411. The Hall–Kier alpha value is -1.11. The zero-order valence-corrected chi connectivity index (χ0v) is 8.33. The van der Waals surface area contributed by atoms with E-state index in [2.05, 4.69) is 10.2 Å². The van der Waals surface area contributed by atoms with Gasteiger partial charge in [-0.05, 0) is 12.8 Å². The van der Waals surface area contributed by atoms with Crippen molar-refractivity contribution < 1.29 is 12.8 Å². The summed E-state index contributed by atoms with van der Waals surface area (Å²) in [5.74, 6) is 0.889. The normalized spacial score (nSPS) is 22.3. The molecule has 1 aromatic rings. The second-order valence-electron chi connectivity index (χ2n) is 3.40. The van der Waals surface area contributed by atoms with Crippen LogP contribution >= 0.6 is 0 Å². The molecule has 1 aliphatic heterocycles. The van der Waals surface area contributed by atoms with Crippen molar-refractivity contribution in [2.45, 2.75) is 18.8 Å². The largest absolute Gasteiger partial charge is 0.408 e. The Kier molecular flexibility index (Phi) is 2.18. The van der Waals surface area contributed by atoms with Gasteiger partial charge in [0, 0.05) is 5.92 Å². The van der Waals surface area contributed by atoms with Crippen LogP contribution in [0.15, 0.2) is 4.42 Å². The third kappa shape index (κ3) is 1.87. The molecule has 7 heteroatoms. The van der Waals surface area contributed by atoms with Crippen LogP contribution in [0.4, 0.5) is 6.01 Å². The summed E-state index contributed by atoms with van der Waals surface area (Å²) in [6.07, 6.45) is 1.09. The highest BCUT2D eigenvalue weighted by Crippen LogP contribution is 2.28. The zero-order chi connectivity index (χ0) is 10.2. The van der Waals surface area contributed by atoms with E-state index in [-0.39, 0.29) is 23.4 Å². The van der Waals surface area contributed by atoms with E-state index in [1.54, 1.807) is 0 Å². The lowest BCUT2D eigenvalue weighted by Gasteiger charge is -2.17. The molecule has 1 aromatic heterocycles. The van der Waals surface area contributed by atoms with Gasteiger partial charge in [0.15, 0.2) is 0 Å². The molecule has 6 nitrogen and oxygen atoms in total. The fourth-order valence-corrected chi connectivity index (χ4v) is 3.04. The van der Waals surface area contributed by atoms with Crippen molar-refractivity contribution in [1.29, 1.82) is 0 Å². The number of anilines is 1. The number of sulfone groups is 1. The molecule has 1 aliphatic rings. The fourth-order valence-electron chi connectivity index (χ4n) is 1.55. The summed E-state index contributed by atoms with van der Waals surface area (Å²) >= 11 is 0. The molecule has 2 N–H and O–H groups in total. The van der Waals surface area contributed by atoms with Gasteiger partial charge in [-0.25, -0.2) is 8.42 Å². The SMILES string of the molecule is Nc1nnc(C2CCS(=O)(=O)CC2)o1. The molecule has 2 heterocycles. The van der Waals surface area contributed by atoms with Crippen molar-refractivity contribution in [1.82, 2.24) is 10.2 Å². The lowest BCUT2D eigenvalue weighted by molar-refractivity contribution is 0.433. The highest BCUT2D eigenvalue weighted by Gasteiger charge is 2.27. The van der Waals surface area contributed by atoms with Gasteiger partial charge in [0.1, 0.15) is 9.84 Å². The van der Waals surface area contributed by atoms with Crippen LogP contribution in [0.3, 0.4) is 0 Å². The molecule has 0 unspecified atom stereocenters. The van der Waals surface area contributed by atoms with Gasteiger partial charge >= 0.3 is 6.01 Å². The van der Waals surface area contributed by atoms with Crippen molar-refractivity contribution in [3.05, 3.63) is 5.89 Å². The molecule has 1 fully saturated rings. The van der Waals surface area contributed by atoms with Crippen LogP contribution in [-0.4, -0.2) is 30.1 Å². The highest BCUT2D eigenvalue weighted by atomic mass is 32.2. The van der Waals surface area contributed by atoms with E-state index in [1.807, 2.05) is 0 Å². The summed E-state index contributed by atoms with van der Waals surface area (Å²) < 4.78 is 27.3. The summed E-state index contributed by atoms with van der Waals surface area (Å²) in [6, 6.07) is 0.0356. The van der Waals surface area contributed by atoms with E-state index in [0.717, 1.165) is 0 Å². The minimum absolute atomic E-state index is 0.0356. The highest BCUT2D eigenvalue weighted by molar-refractivity contribution is 7.91. The lowest BCUT2D eigenvalue weighted by atomic mass is 10.0. The molecule has 0 amide bonds. The van der Waals surface area contributed by atoms with Gasteiger partial charge in [-0.2, -0.15) is 0 Å². The molecule has 0 saturated carbocycles. The van der Waals surface area contributed by atoms with E-state index in [1.165, 1.54) is 0 Å². The Morgan fingerprint density at radius 3 is 2.43 bits per heavy atom. The number of hydrogen-bond donors (Lipinski definition) is 1. The van der Waals surface area contributed by atoms with Crippen LogP contribution in [-0.2, 0) is 9.84 Å². The monoisotopic (exact) mass is 217 g/mol. The number of nitrogens with zero attached hydrogens (tertiary/aromatic N) is 2. The molecule has 14 heavy (non-hydrogen) atoms. The van der Waals surface area contributed by atoms with Gasteiger partial charge < -0.3 is 10.2 Å². The van der Waals surface area contributed by atoms with E-state index < -0.39 is 9.84 Å². The topological polar surface area (TPSA) is 99.1 Å². The number of hydrogen-bond acceptors (Lipinski definition) is 6. The first-order chi connectivity index (χ1) is 6.57. The molecule has 0 radical (unpaired) electrons. The predicted octanol–water partition coefficient (Wildman–Crippen LogP) is -0.0560. The predicted molar refractivity (Wildman–Crippen MR) is 49.3 cm³/mol. The summed E-state index contributed by atoms with van der Waals surface area (Å²) in [7, 11) is -2.84. The molecular formula is C7H11N3O3S. The molecule has 0 aliphatic carbocycles. The first-order valence-electron chi connectivity index (χ1n) is 4.36. The minimum Gasteiger partial charge on any atom is -0.408 e. The molecule has 1 saturated heterocycles. The number of nitrogens with two attached hydrogens (primary N) is 1. The van der Waals surface area contributed by atoms with Gasteiger partial charge in [-0.1, -0.05) is 5.10 Å². The van der Waals surface area contributed by atoms with Crippen LogP contribution in [0.25, 0.3) is 0 Å². The van der Waals surface area contributed by atoms with Gasteiger partial charge in [0.05, 0.1) is 11.5 Å².